The third kappa shape index (κ3) is 2.99. The van der Waals surface area contributed by atoms with Gasteiger partial charge in [-0.15, -0.1) is 0 Å². The van der Waals surface area contributed by atoms with Crippen molar-refractivity contribution in [1.82, 2.24) is 10.2 Å². The highest BCUT2D eigenvalue weighted by atomic mass is 16.2. The lowest BCUT2D eigenvalue weighted by atomic mass is 10.0. The van der Waals surface area contributed by atoms with Gasteiger partial charge in [-0.3, -0.25) is 4.79 Å². The van der Waals surface area contributed by atoms with E-state index in [0.29, 0.717) is 6.54 Å². The first-order chi connectivity index (χ1) is 6.27. The van der Waals surface area contributed by atoms with E-state index in [0.717, 1.165) is 19.0 Å². The molecule has 0 aromatic carbocycles. The lowest BCUT2D eigenvalue weighted by Crippen LogP contribution is -2.35. The fourth-order valence-corrected chi connectivity index (χ4v) is 1.97. The van der Waals surface area contributed by atoms with Crippen molar-refractivity contribution in [3.05, 3.63) is 0 Å². The Morgan fingerprint density at radius 1 is 1.62 bits per heavy atom. The van der Waals surface area contributed by atoms with Crippen LogP contribution in [0.3, 0.4) is 0 Å². The van der Waals surface area contributed by atoms with Crippen LogP contribution in [0.5, 0.6) is 0 Å². The number of nitrogens with one attached hydrogen (secondary N) is 1. The third-order valence-electron chi connectivity index (χ3n) is 2.66. The summed E-state index contributed by atoms with van der Waals surface area (Å²) < 4.78 is 0. The second-order valence-corrected chi connectivity index (χ2v) is 3.81. The van der Waals surface area contributed by atoms with Crippen LogP contribution in [0.15, 0.2) is 0 Å². The quantitative estimate of drug-likeness (QED) is 0.702. The smallest absolute Gasteiger partial charge is 0.236 e. The second kappa shape index (κ2) is 5.22. The van der Waals surface area contributed by atoms with E-state index in [4.69, 9.17) is 0 Å². The van der Waals surface area contributed by atoms with E-state index in [9.17, 15) is 4.79 Å². The van der Waals surface area contributed by atoms with Gasteiger partial charge in [0, 0.05) is 13.1 Å². The molecule has 0 saturated carbocycles. The van der Waals surface area contributed by atoms with E-state index < -0.39 is 0 Å². The molecule has 1 N–H and O–H groups in total. The zero-order valence-corrected chi connectivity index (χ0v) is 8.68. The van der Waals surface area contributed by atoms with Crippen LogP contribution in [0.4, 0.5) is 0 Å². The molecule has 0 aromatic rings. The van der Waals surface area contributed by atoms with Gasteiger partial charge in [0.05, 0.1) is 6.54 Å². The van der Waals surface area contributed by atoms with Crippen molar-refractivity contribution in [1.29, 1.82) is 0 Å². The van der Waals surface area contributed by atoms with Gasteiger partial charge in [-0.05, 0) is 25.8 Å². The van der Waals surface area contributed by atoms with E-state index >= 15 is 0 Å². The van der Waals surface area contributed by atoms with Gasteiger partial charge in [0.1, 0.15) is 0 Å². The summed E-state index contributed by atoms with van der Waals surface area (Å²) in [6, 6.07) is 0. The highest BCUT2D eigenvalue weighted by Crippen LogP contribution is 2.20. The fraction of sp³-hybridized carbons (Fsp3) is 0.900. The molecule has 1 amide bonds. The van der Waals surface area contributed by atoms with Crippen molar-refractivity contribution in [3.63, 3.8) is 0 Å². The minimum absolute atomic E-state index is 0.251. The van der Waals surface area contributed by atoms with Crippen LogP contribution in [0, 0.1) is 5.92 Å². The molecule has 0 spiro atoms. The third-order valence-corrected chi connectivity index (χ3v) is 2.66. The largest absolute Gasteiger partial charge is 0.341 e. The van der Waals surface area contributed by atoms with Gasteiger partial charge >= 0.3 is 0 Å². The Morgan fingerprint density at radius 2 is 2.38 bits per heavy atom. The Balaban J connectivity index is 2.27. The van der Waals surface area contributed by atoms with E-state index in [1.54, 1.807) is 0 Å². The van der Waals surface area contributed by atoms with Gasteiger partial charge in [0.15, 0.2) is 0 Å². The summed E-state index contributed by atoms with van der Waals surface area (Å²) in [4.78, 5) is 13.4. The Bertz CT molecular complexity index is 170. The molecule has 1 aliphatic rings. The maximum atomic E-state index is 11.5. The summed E-state index contributed by atoms with van der Waals surface area (Å²) in [5.74, 6) is 1.01. The molecule has 0 aliphatic carbocycles. The molecular weight excluding hydrogens is 164 g/mol. The second-order valence-electron chi connectivity index (χ2n) is 3.81. The van der Waals surface area contributed by atoms with Crippen molar-refractivity contribution >= 4 is 5.91 Å². The van der Waals surface area contributed by atoms with E-state index in [1.165, 1.54) is 19.3 Å². The number of nitrogens with zero attached hydrogens (tertiary/aromatic N) is 1. The van der Waals surface area contributed by atoms with Gasteiger partial charge in [-0.1, -0.05) is 13.3 Å². The lowest BCUT2D eigenvalue weighted by molar-refractivity contribution is -0.129. The minimum atomic E-state index is 0.251. The molecule has 13 heavy (non-hydrogen) atoms. The number of rotatable bonds is 4. The lowest BCUT2D eigenvalue weighted by Gasteiger charge is -2.15. The monoisotopic (exact) mass is 184 g/mol. The summed E-state index contributed by atoms with van der Waals surface area (Å²) in [7, 11) is 1.82. The normalized spacial score (nSPS) is 22.3. The van der Waals surface area contributed by atoms with Crippen molar-refractivity contribution in [2.24, 2.45) is 5.92 Å². The fourth-order valence-electron chi connectivity index (χ4n) is 1.97. The predicted octanol–water partition coefficient (Wildman–Crippen LogP) is 0.854. The average Bonchev–Trinajstić information content (AvgIpc) is 2.54. The summed E-state index contributed by atoms with van der Waals surface area (Å²) in [5.41, 5.74) is 0. The number of carbonyl (C=O) groups is 1. The molecule has 1 rings (SSSR count). The van der Waals surface area contributed by atoms with Crippen molar-refractivity contribution in [2.45, 2.75) is 26.2 Å². The van der Waals surface area contributed by atoms with Crippen LogP contribution in [0.2, 0.25) is 0 Å². The van der Waals surface area contributed by atoms with Crippen molar-refractivity contribution < 1.29 is 4.79 Å². The first kappa shape index (κ1) is 10.5. The van der Waals surface area contributed by atoms with Crippen LogP contribution in [-0.2, 0) is 4.79 Å². The van der Waals surface area contributed by atoms with E-state index in [2.05, 4.69) is 12.2 Å². The molecule has 1 unspecified atom stereocenters. The summed E-state index contributed by atoms with van der Waals surface area (Å²) >= 11 is 0. The highest BCUT2D eigenvalue weighted by molar-refractivity contribution is 5.78. The zero-order valence-electron chi connectivity index (χ0n) is 8.68. The molecule has 0 aromatic heterocycles. The standard InChI is InChI=1S/C10H20N2O/c1-3-4-9-5-6-12(8-9)10(13)7-11-2/h9,11H,3-8H2,1-2H3. The number of hydrogen-bond acceptors (Lipinski definition) is 2. The molecular formula is C10H20N2O. The Labute approximate surface area is 80.5 Å². The number of likely N-dealkylation sites (N-methyl/N-ethyl adjacent to an activating group) is 1. The molecule has 1 atom stereocenters. The van der Waals surface area contributed by atoms with Crippen LogP contribution in [0.25, 0.3) is 0 Å². The Hall–Kier alpha value is -0.570. The van der Waals surface area contributed by atoms with Crippen molar-refractivity contribution in [2.75, 3.05) is 26.7 Å². The number of likely N-dealkylation sites (tertiary alicyclic amines) is 1. The van der Waals surface area contributed by atoms with Crippen molar-refractivity contribution in [3.8, 4) is 0 Å². The minimum Gasteiger partial charge on any atom is -0.341 e. The SMILES string of the molecule is CCCC1CCN(C(=O)CNC)C1. The first-order valence-corrected chi connectivity index (χ1v) is 5.20. The average molecular weight is 184 g/mol. The summed E-state index contributed by atoms with van der Waals surface area (Å²) in [6.07, 6.45) is 3.70. The molecule has 76 valence electrons. The molecule has 3 heteroatoms. The summed E-state index contributed by atoms with van der Waals surface area (Å²) in [6.45, 7) is 4.64. The Kier molecular flexibility index (Phi) is 4.22. The number of carbonyl (C=O) groups excluding carboxylic acids is 1. The maximum absolute atomic E-state index is 11.5. The van der Waals surface area contributed by atoms with Crippen LogP contribution in [0.1, 0.15) is 26.2 Å². The van der Waals surface area contributed by atoms with Gasteiger partial charge in [0.2, 0.25) is 5.91 Å². The molecule has 1 fully saturated rings. The van der Waals surface area contributed by atoms with Gasteiger partial charge < -0.3 is 10.2 Å². The molecule has 0 radical (unpaired) electrons. The number of amides is 1. The van der Waals surface area contributed by atoms with Crippen LogP contribution in [-0.4, -0.2) is 37.5 Å². The molecule has 1 saturated heterocycles. The zero-order chi connectivity index (χ0) is 9.68. The molecule has 0 bridgehead atoms. The molecule has 3 nitrogen and oxygen atoms in total. The van der Waals surface area contributed by atoms with Crippen LogP contribution >= 0.6 is 0 Å². The maximum Gasteiger partial charge on any atom is 0.236 e. The highest BCUT2D eigenvalue weighted by Gasteiger charge is 2.24. The van der Waals surface area contributed by atoms with Gasteiger partial charge in [-0.25, -0.2) is 0 Å². The summed E-state index contributed by atoms with van der Waals surface area (Å²) in [5, 5.41) is 2.90. The molecule has 1 aliphatic heterocycles. The van der Waals surface area contributed by atoms with E-state index in [-0.39, 0.29) is 5.91 Å². The first-order valence-electron chi connectivity index (χ1n) is 5.20. The molecule has 1 heterocycles. The van der Waals surface area contributed by atoms with E-state index in [1.807, 2.05) is 11.9 Å². The van der Waals surface area contributed by atoms with Gasteiger partial charge in [-0.2, -0.15) is 0 Å². The van der Waals surface area contributed by atoms with Crippen LogP contribution < -0.4 is 5.32 Å². The topological polar surface area (TPSA) is 32.3 Å². The number of hydrogen-bond donors (Lipinski definition) is 1. The predicted molar refractivity (Wildman–Crippen MR) is 53.5 cm³/mol. The van der Waals surface area contributed by atoms with Gasteiger partial charge in [0.25, 0.3) is 0 Å². The Morgan fingerprint density at radius 3 is 3.00 bits per heavy atom.